The minimum atomic E-state index is -0.758. The number of amides is 2. The molecule has 0 aromatic rings. The Labute approximate surface area is 74.6 Å². The lowest BCUT2D eigenvalue weighted by Gasteiger charge is -1.90. The van der Waals surface area contributed by atoms with Crippen molar-refractivity contribution < 1.29 is 4.79 Å². The number of carbonyl (C=O) groups is 1. The summed E-state index contributed by atoms with van der Waals surface area (Å²) in [7, 11) is 0. The molecule has 0 unspecified atom stereocenters. The Hall–Kier alpha value is -2.12. The molecule has 0 saturated carbocycles. The fourth-order valence-electron chi connectivity index (χ4n) is 0.352. The van der Waals surface area contributed by atoms with Crippen LogP contribution in [0.15, 0.2) is 15.3 Å². The van der Waals surface area contributed by atoms with E-state index in [9.17, 15) is 4.79 Å². The van der Waals surface area contributed by atoms with Gasteiger partial charge in [0.15, 0.2) is 0 Å². The lowest BCUT2D eigenvalue weighted by atomic mass is 10.5. The molecule has 7 N–H and O–H groups in total. The van der Waals surface area contributed by atoms with Crippen LogP contribution in [0.5, 0.6) is 0 Å². The van der Waals surface area contributed by atoms with Gasteiger partial charge in [-0.3, -0.25) is 0 Å². The first-order valence-corrected chi connectivity index (χ1v) is 3.24. The summed E-state index contributed by atoms with van der Waals surface area (Å²) in [5.41, 5.74) is 17.1. The molecular formula is C5H11N7O. The van der Waals surface area contributed by atoms with Crippen LogP contribution in [0.2, 0.25) is 0 Å². The van der Waals surface area contributed by atoms with Gasteiger partial charge in [0.1, 0.15) is 0 Å². The highest BCUT2D eigenvalue weighted by Gasteiger charge is 1.86. The maximum absolute atomic E-state index is 10.1. The average Bonchev–Trinajstić information content (AvgIpc) is 2.00. The fourth-order valence-corrected chi connectivity index (χ4v) is 0.352. The van der Waals surface area contributed by atoms with Gasteiger partial charge < -0.3 is 17.2 Å². The van der Waals surface area contributed by atoms with E-state index in [4.69, 9.17) is 17.2 Å². The van der Waals surface area contributed by atoms with E-state index in [1.54, 1.807) is 6.92 Å². The lowest BCUT2D eigenvalue weighted by molar-refractivity contribution is 0.249. The lowest BCUT2D eigenvalue weighted by Crippen LogP contribution is -2.24. The number of hydrazone groups is 1. The van der Waals surface area contributed by atoms with Gasteiger partial charge in [-0.2, -0.15) is 10.2 Å². The van der Waals surface area contributed by atoms with Gasteiger partial charge >= 0.3 is 6.03 Å². The van der Waals surface area contributed by atoms with Crippen LogP contribution in [0.25, 0.3) is 0 Å². The summed E-state index contributed by atoms with van der Waals surface area (Å²) in [6, 6.07) is -0.758. The highest BCUT2D eigenvalue weighted by Crippen LogP contribution is 1.74. The van der Waals surface area contributed by atoms with Crippen molar-refractivity contribution in [2.75, 3.05) is 0 Å². The van der Waals surface area contributed by atoms with Crippen LogP contribution in [-0.4, -0.2) is 23.9 Å². The highest BCUT2D eigenvalue weighted by molar-refractivity contribution is 6.29. The van der Waals surface area contributed by atoms with Gasteiger partial charge in [-0.1, -0.05) is 0 Å². The van der Waals surface area contributed by atoms with Crippen LogP contribution < -0.4 is 22.6 Å². The van der Waals surface area contributed by atoms with Gasteiger partial charge in [0.05, 0.1) is 11.9 Å². The Kier molecular flexibility index (Phi) is 4.62. The largest absolute Gasteiger partial charge is 0.369 e. The molecule has 0 aromatic heterocycles. The number of urea groups is 1. The number of guanidine groups is 1. The van der Waals surface area contributed by atoms with Crippen molar-refractivity contribution in [2.45, 2.75) is 6.92 Å². The van der Waals surface area contributed by atoms with Crippen LogP contribution in [0.4, 0.5) is 4.79 Å². The maximum atomic E-state index is 10.1. The zero-order valence-electron chi connectivity index (χ0n) is 7.06. The normalized spacial score (nSPS) is 11.3. The standard InChI is InChI=1S/C5H11N7O/c1-3(10-11-4(6)7)2-9-12-5(8)13/h2H,1H3,(H4,6,7,11)(H3,8,12,13)/b9-2+,10-3+. The van der Waals surface area contributed by atoms with E-state index in [-0.39, 0.29) is 5.96 Å². The Morgan fingerprint density at radius 2 is 1.92 bits per heavy atom. The Balaban J connectivity index is 4.06. The van der Waals surface area contributed by atoms with Crippen LogP contribution >= 0.6 is 0 Å². The van der Waals surface area contributed by atoms with E-state index in [1.807, 2.05) is 5.43 Å². The van der Waals surface area contributed by atoms with E-state index in [0.717, 1.165) is 0 Å². The van der Waals surface area contributed by atoms with E-state index in [1.165, 1.54) is 6.21 Å². The van der Waals surface area contributed by atoms with E-state index < -0.39 is 6.03 Å². The van der Waals surface area contributed by atoms with Crippen LogP contribution in [0.1, 0.15) is 6.92 Å². The van der Waals surface area contributed by atoms with Crippen molar-refractivity contribution in [3.05, 3.63) is 0 Å². The molecule has 0 aliphatic heterocycles. The summed E-state index contributed by atoms with van der Waals surface area (Å²) in [5, 5.41) is 10.3. The molecule has 0 bridgehead atoms. The van der Waals surface area contributed by atoms with Crippen LogP contribution in [0, 0.1) is 0 Å². The average molecular weight is 185 g/mol. The monoisotopic (exact) mass is 185 g/mol. The quantitative estimate of drug-likeness (QED) is 0.236. The van der Waals surface area contributed by atoms with Crippen molar-refractivity contribution in [3.8, 4) is 0 Å². The van der Waals surface area contributed by atoms with Crippen LogP contribution in [0.3, 0.4) is 0 Å². The minimum Gasteiger partial charge on any atom is -0.369 e. The van der Waals surface area contributed by atoms with Gasteiger partial charge in [-0.15, -0.1) is 5.10 Å². The zero-order valence-corrected chi connectivity index (χ0v) is 7.06. The van der Waals surface area contributed by atoms with Crippen LogP contribution in [-0.2, 0) is 0 Å². The molecular weight excluding hydrogens is 174 g/mol. The van der Waals surface area contributed by atoms with E-state index in [2.05, 4.69) is 15.3 Å². The predicted molar refractivity (Wildman–Crippen MR) is 50.1 cm³/mol. The molecule has 0 rings (SSSR count). The van der Waals surface area contributed by atoms with E-state index >= 15 is 0 Å². The van der Waals surface area contributed by atoms with Crippen molar-refractivity contribution in [2.24, 2.45) is 32.5 Å². The first-order chi connectivity index (χ1) is 6.02. The second kappa shape index (κ2) is 5.52. The highest BCUT2D eigenvalue weighted by atomic mass is 16.2. The number of hydrogen-bond donors (Lipinski definition) is 4. The third-order valence-electron chi connectivity index (χ3n) is 0.749. The Morgan fingerprint density at radius 3 is 2.38 bits per heavy atom. The zero-order chi connectivity index (χ0) is 10.3. The molecule has 0 spiro atoms. The molecule has 0 fully saturated rings. The summed E-state index contributed by atoms with van der Waals surface area (Å²) in [6.07, 6.45) is 1.25. The second-order valence-corrected chi connectivity index (χ2v) is 2.00. The Bertz CT molecular complexity index is 262. The molecule has 0 atom stereocenters. The molecule has 0 saturated heterocycles. The summed E-state index contributed by atoms with van der Waals surface area (Å²) in [4.78, 5) is 10.1. The van der Waals surface area contributed by atoms with Crippen molar-refractivity contribution in [1.82, 2.24) is 5.43 Å². The van der Waals surface area contributed by atoms with Gasteiger partial charge in [0.25, 0.3) is 0 Å². The summed E-state index contributed by atoms with van der Waals surface area (Å²) in [5.74, 6) is -0.157. The molecule has 8 nitrogen and oxygen atoms in total. The van der Waals surface area contributed by atoms with Gasteiger partial charge in [0.2, 0.25) is 5.96 Å². The number of rotatable bonds is 3. The number of nitrogens with zero attached hydrogens (tertiary/aromatic N) is 3. The number of nitrogens with two attached hydrogens (primary N) is 3. The summed E-state index contributed by atoms with van der Waals surface area (Å²) < 4.78 is 0. The first kappa shape index (κ1) is 10.9. The van der Waals surface area contributed by atoms with Crippen molar-refractivity contribution in [1.29, 1.82) is 0 Å². The molecule has 0 aliphatic carbocycles. The fraction of sp³-hybridized carbons (Fsp3) is 0.200. The molecule has 0 radical (unpaired) electrons. The second-order valence-electron chi connectivity index (χ2n) is 2.00. The van der Waals surface area contributed by atoms with Gasteiger partial charge in [-0.05, 0) is 6.92 Å². The maximum Gasteiger partial charge on any atom is 0.332 e. The molecule has 0 aromatic carbocycles. The SMILES string of the molecule is CC(/C=N/NC(N)=O)=N\N=C(N)N. The van der Waals surface area contributed by atoms with Crippen molar-refractivity contribution >= 4 is 23.9 Å². The molecule has 2 amide bonds. The third-order valence-corrected chi connectivity index (χ3v) is 0.749. The molecule has 0 heterocycles. The minimum absolute atomic E-state index is 0.157. The molecule has 72 valence electrons. The first-order valence-electron chi connectivity index (χ1n) is 3.24. The topological polar surface area (TPSA) is 144 Å². The number of nitrogens with one attached hydrogen (secondary N) is 1. The number of carbonyl (C=O) groups excluding carboxylic acids is 1. The summed E-state index contributed by atoms with van der Waals surface area (Å²) >= 11 is 0. The smallest absolute Gasteiger partial charge is 0.332 e. The third kappa shape index (κ3) is 7.78. The predicted octanol–water partition coefficient (Wildman–Crippen LogP) is -1.71. The summed E-state index contributed by atoms with van der Waals surface area (Å²) in [6.45, 7) is 1.60. The number of hydrogen-bond acceptors (Lipinski definition) is 4. The van der Waals surface area contributed by atoms with Gasteiger partial charge in [0, 0.05) is 0 Å². The van der Waals surface area contributed by atoms with Gasteiger partial charge in [-0.25, -0.2) is 10.2 Å². The molecule has 0 aliphatic rings. The molecule has 13 heavy (non-hydrogen) atoms. The number of primary amides is 1. The van der Waals surface area contributed by atoms with Crippen molar-refractivity contribution in [3.63, 3.8) is 0 Å². The molecule has 8 heteroatoms. The Morgan fingerprint density at radius 1 is 1.31 bits per heavy atom. The van der Waals surface area contributed by atoms with E-state index in [0.29, 0.717) is 5.71 Å².